The highest BCUT2D eigenvalue weighted by Gasteiger charge is 2.11. The Morgan fingerprint density at radius 2 is 1.31 bits per heavy atom. The zero-order valence-corrected chi connectivity index (χ0v) is 10.4. The van der Waals surface area contributed by atoms with Gasteiger partial charge in [0.25, 0.3) is 0 Å². The zero-order chi connectivity index (χ0) is 11.5. The molecule has 0 aliphatic carbocycles. The highest BCUT2D eigenvalue weighted by Crippen LogP contribution is 1.96. The number of nitrogens with one attached hydrogen (secondary N) is 2. The van der Waals surface area contributed by atoms with E-state index >= 15 is 0 Å². The molecule has 13 heavy (non-hydrogen) atoms. The van der Waals surface area contributed by atoms with E-state index in [0.29, 0.717) is 0 Å². The van der Waals surface area contributed by atoms with Crippen LogP contribution in [0.1, 0.15) is 48.5 Å². The largest absolute Gasteiger partial charge is 0.341 e. The molecule has 0 aromatic rings. The lowest BCUT2D eigenvalue weighted by molar-refractivity contribution is 0.234. The van der Waals surface area contributed by atoms with Gasteiger partial charge < -0.3 is 10.6 Å². The normalized spacial score (nSPS) is 8.31. The molecular weight excluding hydrogens is 164 g/mol. The fraction of sp³-hybridized carbons (Fsp3) is 0.900. The summed E-state index contributed by atoms with van der Waals surface area (Å²) in [5.74, 6) is 0. The van der Waals surface area contributed by atoms with E-state index in [-0.39, 0.29) is 11.6 Å². The molecule has 0 aliphatic rings. The molecule has 3 heteroatoms. The first-order chi connectivity index (χ1) is 5.95. The maximum atomic E-state index is 10.6. The third-order valence-electron chi connectivity index (χ3n) is 0.716. The standard InChI is InChI=1S/C6H14N2O.2C2H6/c1-6(2,3)8-5(9)7-4;2*1-2/h1-4H3,(H2,7,8,9);2*1-2H3. The van der Waals surface area contributed by atoms with Gasteiger partial charge in [0.15, 0.2) is 0 Å². The Hall–Kier alpha value is -0.730. The van der Waals surface area contributed by atoms with Crippen molar-refractivity contribution in [2.45, 2.75) is 54.0 Å². The van der Waals surface area contributed by atoms with E-state index in [1.165, 1.54) is 0 Å². The summed E-state index contributed by atoms with van der Waals surface area (Å²) in [5.41, 5.74) is -0.139. The first kappa shape index (κ1) is 18.1. The van der Waals surface area contributed by atoms with Crippen LogP contribution in [0.5, 0.6) is 0 Å². The van der Waals surface area contributed by atoms with Crippen LogP contribution in [0.15, 0.2) is 0 Å². The molecule has 0 bridgehead atoms. The van der Waals surface area contributed by atoms with Crippen LogP contribution in [0, 0.1) is 0 Å². The average molecular weight is 190 g/mol. The summed E-state index contributed by atoms with van der Waals surface area (Å²) in [6.45, 7) is 13.8. The van der Waals surface area contributed by atoms with Crippen molar-refractivity contribution in [2.24, 2.45) is 0 Å². The molecule has 0 aromatic heterocycles. The Morgan fingerprint density at radius 3 is 1.38 bits per heavy atom. The number of urea groups is 1. The summed E-state index contributed by atoms with van der Waals surface area (Å²) in [6.07, 6.45) is 0. The topological polar surface area (TPSA) is 41.1 Å². The fourth-order valence-corrected chi connectivity index (χ4v) is 0.403. The van der Waals surface area contributed by atoms with Crippen molar-refractivity contribution < 1.29 is 4.79 Å². The number of rotatable bonds is 0. The number of amides is 2. The molecule has 82 valence electrons. The Bertz CT molecular complexity index is 106. The van der Waals surface area contributed by atoms with Gasteiger partial charge in [0.1, 0.15) is 0 Å². The molecule has 0 aromatic carbocycles. The summed E-state index contributed by atoms with van der Waals surface area (Å²) < 4.78 is 0. The lowest BCUT2D eigenvalue weighted by Gasteiger charge is -2.19. The lowest BCUT2D eigenvalue weighted by Crippen LogP contribution is -2.45. The second-order valence-corrected chi connectivity index (χ2v) is 2.95. The van der Waals surface area contributed by atoms with Gasteiger partial charge >= 0.3 is 6.03 Å². The van der Waals surface area contributed by atoms with Crippen LogP contribution in [0.4, 0.5) is 4.79 Å². The van der Waals surface area contributed by atoms with Crippen molar-refractivity contribution in [2.75, 3.05) is 7.05 Å². The van der Waals surface area contributed by atoms with Gasteiger partial charge in [0.2, 0.25) is 0 Å². The van der Waals surface area contributed by atoms with Gasteiger partial charge in [0, 0.05) is 12.6 Å². The zero-order valence-electron chi connectivity index (χ0n) is 10.4. The van der Waals surface area contributed by atoms with E-state index in [1.807, 2.05) is 48.5 Å². The number of hydrogen-bond donors (Lipinski definition) is 2. The monoisotopic (exact) mass is 190 g/mol. The van der Waals surface area contributed by atoms with Gasteiger partial charge in [-0.25, -0.2) is 4.79 Å². The molecule has 0 spiro atoms. The predicted octanol–water partition coefficient (Wildman–Crippen LogP) is 2.77. The lowest BCUT2D eigenvalue weighted by atomic mass is 10.1. The molecule has 3 nitrogen and oxygen atoms in total. The third kappa shape index (κ3) is 24.6. The van der Waals surface area contributed by atoms with Gasteiger partial charge in [-0.3, -0.25) is 0 Å². The van der Waals surface area contributed by atoms with Crippen molar-refractivity contribution >= 4 is 6.03 Å². The van der Waals surface area contributed by atoms with Crippen LogP contribution in [0.25, 0.3) is 0 Å². The SMILES string of the molecule is CC.CC.CNC(=O)NC(C)(C)C. The molecule has 2 amide bonds. The highest BCUT2D eigenvalue weighted by molar-refractivity contribution is 5.74. The Kier molecular flexibility index (Phi) is 15.7. The molecule has 0 unspecified atom stereocenters. The van der Waals surface area contributed by atoms with Crippen molar-refractivity contribution in [1.82, 2.24) is 10.6 Å². The van der Waals surface area contributed by atoms with Crippen molar-refractivity contribution in [3.8, 4) is 0 Å². The fourth-order valence-electron chi connectivity index (χ4n) is 0.403. The molecule has 0 aliphatic heterocycles. The second-order valence-electron chi connectivity index (χ2n) is 2.95. The molecule has 2 N–H and O–H groups in total. The van der Waals surface area contributed by atoms with Crippen LogP contribution < -0.4 is 10.6 Å². The second kappa shape index (κ2) is 11.3. The van der Waals surface area contributed by atoms with Gasteiger partial charge in [0.05, 0.1) is 0 Å². The van der Waals surface area contributed by atoms with E-state index in [9.17, 15) is 4.79 Å². The Balaban J connectivity index is -0.000000218. The summed E-state index contributed by atoms with van der Waals surface area (Å²) in [5, 5.41) is 5.19. The van der Waals surface area contributed by atoms with E-state index < -0.39 is 0 Å². The number of carbonyl (C=O) groups excluding carboxylic acids is 1. The van der Waals surface area contributed by atoms with E-state index in [2.05, 4.69) is 10.6 Å². The minimum Gasteiger partial charge on any atom is -0.341 e. The molecule has 0 atom stereocenters. The average Bonchev–Trinajstić information content (AvgIpc) is 2.09. The predicted molar refractivity (Wildman–Crippen MR) is 60.0 cm³/mol. The van der Waals surface area contributed by atoms with Crippen LogP contribution in [-0.4, -0.2) is 18.6 Å². The van der Waals surface area contributed by atoms with Gasteiger partial charge in [-0.05, 0) is 20.8 Å². The molecule has 0 fully saturated rings. The van der Waals surface area contributed by atoms with E-state index in [1.54, 1.807) is 7.05 Å². The Labute approximate surface area is 83.3 Å². The molecular formula is C10H26N2O. The van der Waals surface area contributed by atoms with Gasteiger partial charge in [-0.1, -0.05) is 27.7 Å². The van der Waals surface area contributed by atoms with Crippen LogP contribution >= 0.6 is 0 Å². The first-order valence-corrected chi connectivity index (χ1v) is 4.95. The van der Waals surface area contributed by atoms with E-state index in [4.69, 9.17) is 0 Å². The van der Waals surface area contributed by atoms with Crippen molar-refractivity contribution in [3.63, 3.8) is 0 Å². The molecule has 0 heterocycles. The summed E-state index contributed by atoms with van der Waals surface area (Å²) in [6, 6.07) is -0.137. The smallest absolute Gasteiger partial charge is 0.314 e. The third-order valence-corrected chi connectivity index (χ3v) is 0.716. The van der Waals surface area contributed by atoms with Gasteiger partial charge in [-0.15, -0.1) is 0 Å². The van der Waals surface area contributed by atoms with Crippen LogP contribution in [0.3, 0.4) is 0 Å². The minimum absolute atomic E-state index is 0.137. The highest BCUT2D eigenvalue weighted by atomic mass is 16.2. The summed E-state index contributed by atoms with van der Waals surface area (Å²) in [4.78, 5) is 10.6. The van der Waals surface area contributed by atoms with Gasteiger partial charge in [-0.2, -0.15) is 0 Å². The maximum absolute atomic E-state index is 10.6. The summed E-state index contributed by atoms with van der Waals surface area (Å²) >= 11 is 0. The minimum atomic E-state index is -0.139. The molecule has 0 saturated carbocycles. The molecule has 0 radical (unpaired) electrons. The first-order valence-electron chi connectivity index (χ1n) is 4.95. The molecule has 0 saturated heterocycles. The Morgan fingerprint density at radius 1 is 1.00 bits per heavy atom. The van der Waals surface area contributed by atoms with Crippen molar-refractivity contribution in [1.29, 1.82) is 0 Å². The quantitative estimate of drug-likeness (QED) is 0.606. The molecule has 0 rings (SSSR count). The van der Waals surface area contributed by atoms with Crippen LogP contribution in [-0.2, 0) is 0 Å². The van der Waals surface area contributed by atoms with E-state index in [0.717, 1.165) is 0 Å². The van der Waals surface area contributed by atoms with Crippen molar-refractivity contribution in [3.05, 3.63) is 0 Å². The van der Waals surface area contributed by atoms with Crippen LogP contribution in [0.2, 0.25) is 0 Å². The summed E-state index contributed by atoms with van der Waals surface area (Å²) in [7, 11) is 1.60. The number of hydrogen-bond acceptors (Lipinski definition) is 1. The number of carbonyl (C=O) groups is 1. The maximum Gasteiger partial charge on any atom is 0.314 e.